The third-order valence-corrected chi connectivity index (χ3v) is 4.19. The first kappa shape index (κ1) is 18.0. The third kappa shape index (κ3) is 3.94. The van der Waals surface area contributed by atoms with Gasteiger partial charge < -0.3 is 19.3 Å². The van der Waals surface area contributed by atoms with Crippen molar-refractivity contribution in [1.82, 2.24) is 9.47 Å². The SMILES string of the molecule is Cc1c(CCC(=O)O)c(=O)c2ccc(OCCN(C)C)cc2n1C. The van der Waals surface area contributed by atoms with Crippen LogP contribution in [-0.4, -0.2) is 47.8 Å². The number of benzene rings is 1. The van der Waals surface area contributed by atoms with Gasteiger partial charge in [0.05, 0.1) is 5.52 Å². The number of likely N-dealkylation sites (N-methyl/N-ethyl adjacent to an activating group) is 1. The van der Waals surface area contributed by atoms with E-state index < -0.39 is 5.97 Å². The molecule has 24 heavy (non-hydrogen) atoms. The van der Waals surface area contributed by atoms with E-state index in [0.717, 1.165) is 23.5 Å². The smallest absolute Gasteiger partial charge is 0.303 e. The number of hydrogen-bond acceptors (Lipinski definition) is 4. The van der Waals surface area contributed by atoms with Gasteiger partial charge in [0.15, 0.2) is 5.43 Å². The molecule has 1 N–H and O–H groups in total. The lowest BCUT2D eigenvalue weighted by atomic mass is 10.0. The van der Waals surface area contributed by atoms with Gasteiger partial charge in [0.25, 0.3) is 0 Å². The molecule has 0 fully saturated rings. The largest absolute Gasteiger partial charge is 0.492 e. The molecule has 0 unspecified atom stereocenters. The standard InChI is InChI=1S/C18H24N2O4/c1-12-14(7-8-17(21)22)18(23)15-6-5-13(11-16(15)20(12)4)24-10-9-19(2)3/h5-6,11H,7-10H2,1-4H3,(H,21,22). The molecular weight excluding hydrogens is 308 g/mol. The van der Waals surface area contributed by atoms with Crippen molar-refractivity contribution in [1.29, 1.82) is 0 Å². The molecule has 6 heteroatoms. The summed E-state index contributed by atoms with van der Waals surface area (Å²) in [5.41, 5.74) is 2.05. The Balaban J connectivity index is 2.40. The van der Waals surface area contributed by atoms with Gasteiger partial charge in [-0.1, -0.05) is 0 Å². The molecule has 0 aliphatic heterocycles. The second kappa shape index (κ2) is 7.49. The number of carboxylic acids is 1. The van der Waals surface area contributed by atoms with Crippen molar-refractivity contribution in [2.75, 3.05) is 27.2 Å². The number of aliphatic carboxylic acids is 1. The molecule has 130 valence electrons. The van der Waals surface area contributed by atoms with Gasteiger partial charge in [-0.3, -0.25) is 9.59 Å². The number of carboxylic acid groups (broad SMARTS) is 1. The molecule has 1 aromatic heterocycles. The Morgan fingerprint density at radius 2 is 2.04 bits per heavy atom. The van der Waals surface area contributed by atoms with Crippen molar-refractivity contribution < 1.29 is 14.6 Å². The van der Waals surface area contributed by atoms with Crippen molar-refractivity contribution in [3.05, 3.63) is 39.7 Å². The Morgan fingerprint density at radius 3 is 2.67 bits per heavy atom. The first-order valence-corrected chi connectivity index (χ1v) is 7.92. The number of hydrogen-bond donors (Lipinski definition) is 1. The van der Waals surface area contributed by atoms with Gasteiger partial charge in [-0.25, -0.2) is 0 Å². The van der Waals surface area contributed by atoms with Crippen LogP contribution in [-0.2, 0) is 18.3 Å². The van der Waals surface area contributed by atoms with Crippen LogP contribution >= 0.6 is 0 Å². The van der Waals surface area contributed by atoms with E-state index >= 15 is 0 Å². The number of carbonyl (C=O) groups is 1. The average molecular weight is 332 g/mol. The summed E-state index contributed by atoms with van der Waals surface area (Å²) in [5, 5.41) is 9.45. The van der Waals surface area contributed by atoms with Gasteiger partial charge in [-0.05, 0) is 39.6 Å². The van der Waals surface area contributed by atoms with Crippen LogP contribution in [0.3, 0.4) is 0 Å². The van der Waals surface area contributed by atoms with Crippen LogP contribution in [0.15, 0.2) is 23.0 Å². The number of fused-ring (bicyclic) bond motifs is 1. The predicted octanol–water partition coefficient (Wildman–Crippen LogP) is 1.80. The van der Waals surface area contributed by atoms with E-state index in [9.17, 15) is 9.59 Å². The van der Waals surface area contributed by atoms with Gasteiger partial charge in [-0.15, -0.1) is 0 Å². The van der Waals surface area contributed by atoms with Crippen LogP contribution in [0, 0.1) is 6.92 Å². The Kier molecular flexibility index (Phi) is 5.62. The summed E-state index contributed by atoms with van der Waals surface area (Å²) >= 11 is 0. The molecule has 0 atom stereocenters. The van der Waals surface area contributed by atoms with Gasteiger partial charge in [-0.2, -0.15) is 0 Å². The Labute approximate surface area is 141 Å². The normalized spacial score (nSPS) is 11.2. The Hall–Kier alpha value is -2.34. The maximum atomic E-state index is 12.7. The third-order valence-electron chi connectivity index (χ3n) is 4.19. The minimum atomic E-state index is -0.902. The van der Waals surface area contributed by atoms with Crippen molar-refractivity contribution in [2.45, 2.75) is 19.8 Å². The highest BCUT2D eigenvalue weighted by Gasteiger charge is 2.14. The lowest BCUT2D eigenvalue weighted by Gasteiger charge is -2.16. The van der Waals surface area contributed by atoms with Crippen molar-refractivity contribution in [3.63, 3.8) is 0 Å². The number of aromatic nitrogens is 1. The first-order chi connectivity index (χ1) is 11.3. The molecule has 0 saturated carbocycles. The Bertz CT molecular complexity index is 809. The van der Waals surface area contributed by atoms with Crippen LogP contribution in [0.4, 0.5) is 0 Å². The van der Waals surface area contributed by atoms with Crippen LogP contribution < -0.4 is 10.2 Å². The Morgan fingerprint density at radius 1 is 1.33 bits per heavy atom. The molecule has 2 rings (SSSR count). The second-order valence-electron chi connectivity index (χ2n) is 6.18. The van der Waals surface area contributed by atoms with Gasteiger partial charge in [0.1, 0.15) is 12.4 Å². The molecule has 0 saturated heterocycles. The van der Waals surface area contributed by atoms with Gasteiger partial charge >= 0.3 is 5.97 Å². The maximum absolute atomic E-state index is 12.7. The highest BCUT2D eigenvalue weighted by Crippen LogP contribution is 2.21. The summed E-state index contributed by atoms with van der Waals surface area (Å²) in [6.45, 7) is 3.23. The lowest BCUT2D eigenvalue weighted by molar-refractivity contribution is -0.136. The second-order valence-corrected chi connectivity index (χ2v) is 6.18. The molecule has 2 aromatic rings. The van der Waals surface area contributed by atoms with Crippen LogP contribution in [0.1, 0.15) is 17.7 Å². The van der Waals surface area contributed by atoms with Gasteiger partial charge in [0, 0.05) is 42.7 Å². The van der Waals surface area contributed by atoms with Crippen molar-refractivity contribution in [2.24, 2.45) is 7.05 Å². The van der Waals surface area contributed by atoms with E-state index in [4.69, 9.17) is 9.84 Å². The predicted molar refractivity (Wildman–Crippen MR) is 93.9 cm³/mol. The summed E-state index contributed by atoms with van der Waals surface area (Å²) in [6, 6.07) is 5.41. The minimum absolute atomic E-state index is 0.0483. The zero-order valence-corrected chi connectivity index (χ0v) is 14.6. The molecule has 6 nitrogen and oxygen atoms in total. The zero-order valence-electron chi connectivity index (χ0n) is 14.6. The first-order valence-electron chi connectivity index (χ1n) is 7.92. The maximum Gasteiger partial charge on any atom is 0.303 e. The molecule has 0 aliphatic rings. The summed E-state index contributed by atoms with van der Waals surface area (Å²) < 4.78 is 7.66. The quantitative estimate of drug-likeness (QED) is 0.837. The van der Waals surface area contributed by atoms with Crippen molar-refractivity contribution in [3.8, 4) is 5.75 Å². The minimum Gasteiger partial charge on any atom is -0.492 e. The topological polar surface area (TPSA) is 71.8 Å². The van der Waals surface area contributed by atoms with Crippen LogP contribution in [0.5, 0.6) is 5.75 Å². The fraction of sp³-hybridized carbons (Fsp3) is 0.444. The number of rotatable bonds is 7. The molecule has 1 aromatic carbocycles. The lowest BCUT2D eigenvalue weighted by Crippen LogP contribution is -2.20. The highest BCUT2D eigenvalue weighted by atomic mass is 16.5. The van der Waals surface area contributed by atoms with E-state index in [1.807, 2.05) is 43.6 Å². The molecule has 0 amide bonds. The van der Waals surface area contributed by atoms with Crippen LogP contribution in [0.2, 0.25) is 0 Å². The molecular formula is C18H24N2O4. The summed E-state index contributed by atoms with van der Waals surface area (Å²) in [4.78, 5) is 25.5. The van der Waals surface area contributed by atoms with E-state index in [0.29, 0.717) is 17.6 Å². The van der Waals surface area contributed by atoms with Gasteiger partial charge in [0.2, 0.25) is 0 Å². The summed E-state index contributed by atoms with van der Waals surface area (Å²) in [5.74, 6) is -0.182. The summed E-state index contributed by atoms with van der Waals surface area (Å²) in [6.07, 6.45) is 0.193. The number of pyridine rings is 1. The van der Waals surface area contributed by atoms with Crippen molar-refractivity contribution >= 4 is 16.9 Å². The van der Waals surface area contributed by atoms with E-state index in [1.54, 1.807) is 12.1 Å². The van der Waals surface area contributed by atoms with E-state index in [2.05, 4.69) is 0 Å². The highest BCUT2D eigenvalue weighted by molar-refractivity contribution is 5.82. The number of ether oxygens (including phenoxy) is 1. The molecule has 0 radical (unpaired) electrons. The summed E-state index contributed by atoms with van der Waals surface area (Å²) in [7, 11) is 5.84. The monoisotopic (exact) mass is 332 g/mol. The average Bonchev–Trinajstić information content (AvgIpc) is 2.52. The van der Waals surface area contributed by atoms with Crippen LogP contribution in [0.25, 0.3) is 10.9 Å². The molecule has 1 heterocycles. The number of aryl methyl sites for hydroxylation is 1. The fourth-order valence-corrected chi connectivity index (χ4v) is 2.65. The number of nitrogens with zero attached hydrogens (tertiary/aromatic N) is 2. The molecule has 0 bridgehead atoms. The molecule has 0 spiro atoms. The van der Waals surface area contributed by atoms with E-state index in [-0.39, 0.29) is 18.3 Å². The zero-order chi connectivity index (χ0) is 17.9. The molecule has 0 aliphatic carbocycles. The van der Waals surface area contributed by atoms with E-state index in [1.165, 1.54) is 0 Å². The fourth-order valence-electron chi connectivity index (χ4n) is 2.65.